The largest absolute Gasteiger partial charge is 0.478 e. The molecule has 0 atom stereocenters. The zero-order valence-corrected chi connectivity index (χ0v) is 18.2. The molecule has 8 heteroatoms. The lowest BCUT2D eigenvalue weighted by molar-refractivity contribution is 0.161. The number of imidazole rings is 1. The van der Waals surface area contributed by atoms with Gasteiger partial charge in [-0.15, -0.1) is 5.10 Å². The maximum Gasteiger partial charge on any atom is 0.336 e. The highest BCUT2D eigenvalue weighted by molar-refractivity contribution is 5.59. The number of anilines is 1. The molecular formula is C22H32N6O2. The SMILES string of the molecule is CCCCOc1ccc(Cc2cnc3c(N)nc(OC(CCC)CCC)nn23)cn1. The van der Waals surface area contributed by atoms with Gasteiger partial charge >= 0.3 is 6.01 Å². The van der Waals surface area contributed by atoms with Gasteiger partial charge in [-0.3, -0.25) is 0 Å². The molecule has 3 rings (SSSR count). The number of nitrogen functional groups attached to an aromatic ring is 1. The van der Waals surface area contributed by atoms with Crippen molar-refractivity contribution in [2.24, 2.45) is 0 Å². The van der Waals surface area contributed by atoms with Crippen molar-refractivity contribution in [1.29, 1.82) is 0 Å². The molecule has 0 amide bonds. The summed E-state index contributed by atoms with van der Waals surface area (Å²) in [4.78, 5) is 13.1. The minimum atomic E-state index is 0.0910. The highest BCUT2D eigenvalue weighted by Gasteiger charge is 2.16. The first-order chi connectivity index (χ1) is 14.6. The zero-order chi connectivity index (χ0) is 21.3. The summed E-state index contributed by atoms with van der Waals surface area (Å²) in [5.74, 6) is 0.960. The third-order valence-electron chi connectivity index (χ3n) is 4.86. The first-order valence-electron chi connectivity index (χ1n) is 10.9. The molecule has 0 aromatic carbocycles. The second kappa shape index (κ2) is 10.8. The van der Waals surface area contributed by atoms with Crippen LogP contribution in [0.15, 0.2) is 24.5 Å². The molecule has 0 unspecified atom stereocenters. The third kappa shape index (κ3) is 5.58. The number of pyridine rings is 1. The highest BCUT2D eigenvalue weighted by Crippen LogP contribution is 2.20. The molecule has 162 valence electrons. The number of hydrogen-bond acceptors (Lipinski definition) is 7. The Labute approximate surface area is 177 Å². The van der Waals surface area contributed by atoms with Crippen molar-refractivity contribution in [3.05, 3.63) is 35.8 Å². The molecule has 3 heterocycles. The van der Waals surface area contributed by atoms with Gasteiger partial charge in [-0.1, -0.05) is 46.1 Å². The van der Waals surface area contributed by atoms with Crippen LogP contribution in [0.5, 0.6) is 11.9 Å². The van der Waals surface area contributed by atoms with E-state index in [9.17, 15) is 0 Å². The second-order valence-corrected chi connectivity index (χ2v) is 7.47. The summed E-state index contributed by atoms with van der Waals surface area (Å²) in [5.41, 5.74) is 8.59. The fraction of sp³-hybridized carbons (Fsp3) is 0.545. The summed E-state index contributed by atoms with van der Waals surface area (Å²) < 4.78 is 13.4. The van der Waals surface area contributed by atoms with Gasteiger partial charge in [-0.25, -0.2) is 14.5 Å². The van der Waals surface area contributed by atoms with Crippen LogP contribution in [0.4, 0.5) is 5.82 Å². The molecule has 30 heavy (non-hydrogen) atoms. The quantitative estimate of drug-likeness (QED) is 0.445. The second-order valence-electron chi connectivity index (χ2n) is 7.47. The van der Waals surface area contributed by atoms with Crippen LogP contribution in [0.25, 0.3) is 5.65 Å². The number of aromatic nitrogens is 5. The molecular weight excluding hydrogens is 380 g/mol. The smallest absolute Gasteiger partial charge is 0.336 e. The number of unbranched alkanes of at least 4 members (excludes halogenated alkanes) is 1. The van der Waals surface area contributed by atoms with E-state index in [0.29, 0.717) is 36.4 Å². The summed E-state index contributed by atoms with van der Waals surface area (Å²) >= 11 is 0. The van der Waals surface area contributed by atoms with Crippen molar-refractivity contribution in [3.8, 4) is 11.9 Å². The molecule has 8 nitrogen and oxygen atoms in total. The number of fused-ring (bicyclic) bond motifs is 1. The average molecular weight is 413 g/mol. The third-order valence-corrected chi connectivity index (χ3v) is 4.86. The Hall–Kier alpha value is -2.90. The van der Waals surface area contributed by atoms with E-state index in [2.05, 4.69) is 40.8 Å². The predicted molar refractivity (Wildman–Crippen MR) is 117 cm³/mol. The minimum absolute atomic E-state index is 0.0910. The van der Waals surface area contributed by atoms with E-state index in [-0.39, 0.29) is 6.10 Å². The lowest BCUT2D eigenvalue weighted by atomic mass is 10.1. The molecule has 0 aliphatic carbocycles. The zero-order valence-electron chi connectivity index (χ0n) is 18.2. The lowest BCUT2D eigenvalue weighted by Crippen LogP contribution is -2.19. The molecule has 0 spiro atoms. The molecule has 0 bridgehead atoms. The number of nitrogens with zero attached hydrogens (tertiary/aromatic N) is 5. The van der Waals surface area contributed by atoms with Crippen LogP contribution in [0.2, 0.25) is 0 Å². The van der Waals surface area contributed by atoms with E-state index in [4.69, 9.17) is 15.2 Å². The molecule has 0 aliphatic heterocycles. The molecule has 0 saturated carbocycles. The normalized spacial score (nSPS) is 11.3. The van der Waals surface area contributed by atoms with Crippen molar-refractivity contribution in [3.63, 3.8) is 0 Å². The maximum absolute atomic E-state index is 6.12. The van der Waals surface area contributed by atoms with Crippen molar-refractivity contribution in [2.75, 3.05) is 12.3 Å². The van der Waals surface area contributed by atoms with Crippen LogP contribution in [0.3, 0.4) is 0 Å². The van der Waals surface area contributed by atoms with Crippen molar-refractivity contribution in [2.45, 2.75) is 71.8 Å². The van der Waals surface area contributed by atoms with Crippen LogP contribution >= 0.6 is 0 Å². The standard InChI is InChI=1S/C22H32N6O2/c1-4-7-12-29-19-11-10-16(14-24-19)13-17-15-25-21-20(23)26-22(27-28(17)21)30-18(8-5-2)9-6-3/h10-11,14-15,18H,4-9,12-13H2,1-3H3,(H2,23,26,27). The Morgan fingerprint density at radius 3 is 2.50 bits per heavy atom. The van der Waals surface area contributed by atoms with Crippen LogP contribution in [0.1, 0.15) is 70.6 Å². The molecule has 0 radical (unpaired) electrons. The molecule has 0 fully saturated rings. The average Bonchev–Trinajstić information content (AvgIpc) is 3.13. The number of nitrogens with two attached hydrogens (primary N) is 1. The summed E-state index contributed by atoms with van der Waals surface area (Å²) in [6.07, 6.45) is 10.4. The summed E-state index contributed by atoms with van der Waals surface area (Å²) in [5, 5.41) is 4.56. The van der Waals surface area contributed by atoms with Crippen LogP contribution < -0.4 is 15.2 Å². The van der Waals surface area contributed by atoms with Gasteiger partial charge in [-0.2, -0.15) is 4.98 Å². The fourth-order valence-electron chi connectivity index (χ4n) is 3.28. The van der Waals surface area contributed by atoms with E-state index < -0.39 is 0 Å². The van der Waals surface area contributed by atoms with Crippen molar-refractivity contribution < 1.29 is 9.47 Å². The van der Waals surface area contributed by atoms with Crippen LogP contribution in [-0.4, -0.2) is 37.3 Å². The van der Waals surface area contributed by atoms with Gasteiger partial charge in [0, 0.05) is 18.7 Å². The molecule has 0 aliphatic rings. The van der Waals surface area contributed by atoms with E-state index in [1.807, 2.05) is 18.3 Å². The van der Waals surface area contributed by atoms with Gasteiger partial charge in [0.05, 0.1) is 18.5 Å². The van der Waals surface area contributed by atoms with Gasteiger partial charge in [0.15, 0.2) is 11.5 Å². The highest BCUT2D eigenvalue weighted by atomic mass is 16.5. The summed E-state index contributed by atoms with van der Waals surface area (Å²) in [6, 6.07) is 4.20. The van der Waals surface area contributed by atoms with Gasteiger partial charge in [0.1, 0.15) is 6.10 Å². The minimum Gasteiger partial charge on any atom is -0.478 e. The molecule has 3 aromatic heterocycles. The first-order valence-corrected chi connectivity index (χ1v) is 10.9. The topological polar surface area (TPSA) is 100 Å². The molecule has 3 aromatic rings. The summed E-state index contributed by atoms with van der Waals surface area (Å²) in [6.45, 7) is 7.11. The van der Waals surface area contributed by atoms with Crippen LogP contribution in [0, 0.1) is 0 Å². The van der Waals surface area contributed by atoms with E-state index in [1.165, 1.54) is 0 Å². The Bertz CT molecular complexity index is 919. The van der Waals surface area contributed by atoms with E-state index >= 15 is 0 Å². The molecule has 2 N–H and O–H groups in total. The van der Waals surface area contributed by atoms with E-state index in [1.54, 1.807) is 10.7 Å². The van der Waals surface area contributed by atoms with Gasteiger partial charge in [-0.05, 0) is 24.8 Å². The lowest BCUT2D eigenvalue weighted by Gasteiger charge is -2.16. The van der Waals surface area contributed by atoms with Gasteiger partial charge in [0.2, 0.25) is 5.88 Å². The van der Waals surface area contributed by atoms with E-state index in [0.717, 1.165) is 49.8 Å². The maximum atomic E-state index is 6.12. The Morgan fingerprint density at radius 1 is 1.03 bits per heavy atom. The number of ether oxygens (including phenoxy) is 2. The first kappa shape index (κ1) is 21.8. The summed E-state index contributed by atoms with van der Waals surface area (Å²) in [7, 11) is 0. The Kier molecular flexibility index (Phi) is 7.82. The number of hydrogen-bond donors (Lipinski definition) is 1. The van der Waals surface area contributed by atoms with Gasteiger partial charge < -0.3 is 15.2 Å². The van der Waals surface area contributed by atoms with Crippen molar-refractivity contribution in [1.82, 2.24) is 24.6 Å². The molecule has 0 saturated heterocycles. The van der Waals surface area contributed by atoms with Crippen LogP contribution in [-0.2, 0) is 6.42 Å². The Balaban J connectivity index is 1.77. The fourth-order valence-corrected chi connectivity index (χ4v) is 3.28. The van der Waals surface area contributed by atoms with Gasteiger partial charge in [0.25, 0.3) is 0 Å². The van der Waals surface area contributed by atoms with Crippen molar-refractivity contribution >= 4 is 11.5 Å². The Morgan fingerprint density at radius 2 is 1.83 bits per heavy atom. The predicted octanol–water partition coefficient (Wildman–Crippen LogP) is 4.22. The monoisotopic (exact) mass is 412 g/mol. The number of rotatable bonds is 12.